The number of aliphatic hydroxyl groups is 1. The van der Waals surface area contributed by atoms with Gasteiger partial charge in [-0.25, -0.2) is 0 Å². The first kappa shape index (κ1) is 11.4. The summed E-state index contributed by atoms with van der Waals surface area (Å²) in [6, 6.07) is 9.77. The minimum atomic E-state index is -0.546. The highest BCUT2D eigenvalue weighted by molar-refractivity contribution is 9.10. The fourth-order valence-corrected chi connectivity index (χ4v) is 2.05. The third-order valence-corrected chi connectivity index (χ3v) is 2.89. The van der Waals surface area contributed by atoms with Crippen LogP contribution in [0.3, 0.4) is 0 Å². The monoisotopic (exact) mass is 280 g/mol. The van der Waals surface area contributed by atoms with Crippen molar-refractivity contribution >= 4 is 15.9 Å². The number of rotatable bonds is 3. The molecule has 1 N–H and O–H groups in total. The molecule has 1 atom stereocenters. The van der Waals surface area contributed by atoms with Crippen LogP contribution in [0.25, 0.3) is 0 Å². The Morgan fingerprint density at radius 3 is 2.88 bits per heavy atom. The lowest BCUT2D eigenvalue weighted by molar-refractivity contribution is 0.172. The van der Waals surface area contributed by atoms with E-state index in [0.29, 0.717) is 12.1 Å². The Morgan fingerprint density at radius 1 is 1.44 bits per heavy atom. The number of hydrogen-bond donors (Lipinski definition) is 1. The van der Waals surface area contributed by atoms with Crippen LogP contribution >= 0.6 is 15.9 Å². The summed E-state index contributed by atoms with van der Waals surface area (Å²) in [5, 5.41) is 14.2. The number of benzene rings is 1. The zero-order valence-corrected chi connectivity index (χ0v) is 10.6. The fraction of sp³-hybridized carbons (Fsp3) is 0.250. The minimum absolute atomic E-state index is 0.546. The minimum Gasteiger partial charge on any atom is -0.386 e. The van der Waals surface area contributed by atoms with E-state index < -0.39 is 6.10 Å². The molecule has 0 saturated carbocycles. The summed E-state index contributed by atoms with van der Waals surface area (Å²) in [6.45, 7) is 0. The van der Waals surface area contributed by atoms with Gasteiger partial charge in [0.05, 0.1) is 5.69 Å². The maximum Gasteiger partial charge on any atom is 0.102 e. The fourth-order valence-electron chi connectivity index (χ4n) is 1.60. The molecule has 0 aliphatic heterocycles. The second-order valence-corrected chi connectivity index (χ2v) is 4.68. The molecular formula is C12H13BrN2O. The third-order valence-electron chi connectivity index (χ3n) is 2.39. The molecule has 0 bridgehead atoms. The van der Waals surface area contributed by atoms with Gasteiger partial charge in [0.1, 0.15) is 6.10 Å². The topological polar surface area (TPSA) is 38.0 Å². The van der Waals surface area contributed by atoms with Crippen LogP contribution in [0.1, 0.15) is 17.4 Å². The molecule has 1 unspecified atom stereocenters. The molecule has 4 heteroatoms. The lowest BCUT2D eigenvalue weighted by Gasteiger charge is -2.07. The molecule has 2 aromatic rings. The highest BCUT2D eigenvalue weighted by Gasteiger charge is 2.11. The van der Waals surface area contributed by atoms with E-state index in [1.807, 2.05) is 43.6 Å². The summed E-state index contributed by atoms with van der Waals surface area (Å²) in [5.41, 5.74) is 1.80. The van der Waals surface area contributed by atoms with Crippen LogP contribution in [0.2, 0.25) is 0 Å². The van der Waals surface area contributed by atoms with Gasteiger partial charge in [-0.3, -0.25) is 4.68 Å². The Morgan fingerprint density at radius 2 is 2.25 bits per heavy atom. The van der Waals surface area contributed by atoms with E-state index in [1.165, 1.54) is 0 Å². The maximum atomic E-state index is 9.99. The summed E-state index contributed by atoms with van der Waals surface area (Å²) in [4.78, 5) is 0. The molecule has 0 radical (unpaired) electrons. The molecule has 16 heavy (non-hydrogen) atoms. The van der Waals surface area contributed by atoms with Gasteiger partial charge in [0.2, 0.25) is 0 Å². The number of aryl methyl sites for hydroxylation is 1. The van der Waals surface area contributed by atoms with E-state index in [-0.39, 0.29) is 0 Å². The number of hydrogen-bond acceptors (Lipinski definition) is 2. The molecule has 1 heterocycles. The van der Waals surface area contributed by atoms with Gasteiger partial charge in [0.25, 0.3) is 0 Å². The summed E-state index contributed by atoms with van der Waals surface area (Å²) < 4.78 is 2.72. The van der Waals surface area contributed by atoms with Gasteiger partial charge >= 0.3 is 0 Å². The lowest BCUT2D eigenvalue weighted by Crippen LogP contribution is -2.03. The summed E-state index contributed by atoms with van der Waals surface area (Å²) in [7, 11) is 1.84. The average molecular weight is 281 g/mol. The van der Waals surface area contributed by atoms with Crippen LogP contribution in [-0.4, -0.2) is 14.9 Å². The molecule has 2 rings (SSSR count). The zero-order valence-electron chi connectivity index (χ0n) is 8.97. The van der Waals surface area contributed by atoms with E-state index in [4.69, 9.17) is 0 Å². The molecule has 0 saturated heterocycles. The SMILES string of the molecule is Cn1ccc(C(O)Cc2cccc(Br)c2)n1. The van der Waals surface area contributed by atoms with Gasteiger partial charge in [0.15, 0.2) is 0 Å². The van der Waals surface area contributed by atoms with Crippen LogP contribution in [0.5, 0.6) is 0 Å². The lowest BCUT2D eigenvalue weighted by atomic mass is 10.1. The first-order chi connectivity index (χ1) is 7.65. The van der Waals surface area contributed by atoms with Crippen molar-refractivity contribution in [2.75, 3.05) is 0 Å². The predicted octanol–water partition coefficient (Wildman–Crippen LogP) is 2.46. The second-order valence-electron chi connectivity index (χ2n) is 3.76. The molecule has 0 amide bonds. The van der Waals surface area contributed by atoms with E-state index in [9.17, 15) is 5.11 Å². The van der Waals surface area contributed by atoms with Gasteiger partial charge in [-0.15, -0.1) is 0 Å². The molecule has 3 nitrogen and oxygen atoms in total. The van der Waals surface area contributed by atoms with Gasteiger partial charge < -0.3 is 5.11 Å². The standard InChI is InChI=1S/C12H13BrN2O/c1-15-6-5-11(14-15)12(16)8-9-3-2-4-10(13)7-9/h2-7,12,16H,8H2,1H3. The number of aliphatic hydroxyl groups excluding tert-OH is 1. The molecular weight excluding hydrogens is 268 g/mol. The Hall–Kier alpha value is -1.13. The third kappa shape index (κ3) is 2.71. The molecule has 1 aromatic carbocycles. The quantitative estimate of drug-likeness (QED) is 0.938. The number of halogens is 1. The van der Waals surface area contributed by atoms with E-state index in [0.717, 1.165) is 10.0 Å². The average Bonchev–Trinajstić information content (AvgIpc) is 2.65. The molecule has 0 spiro atoms. The molecule has 84 valence electrons. The van der Waals surface area contributed by atoms with Crippen molar-refractivity contribution in [3.63, 3.8) is 0 Å². The van der Waals surface area contributed by atoms with Crippen molar-refractivity contribution in [1.82, 2.24) is 9.78 Å². The zero-order chi connectivity index (χ0) is 11.5. The van der Waals surface area contributed by atoms with Crippen molar-refractivity contribution in [2.45, 2.75) is 12.5 Å². The highest BCUT2D eigenvalue weighted by atomic mass is 79.9. The first-order valence-electron chi connectivity index (χ1n) is 5.07. The summed E-state index contributed by atoms with van der Waals surface area (Å²) in [5.74, 6) is 0. The molecule has 1 aromatic heterocycles. The van der Waals surface area contributed by atoms with Crippen LogP contribution < -0.4 is 0 Å². The van der Waals surface area contributed by atoms with Gasteiger partial charge in [-0.05, 0) is 23.8 Å². The Balaban J connectivity index is 2.10. The van der Waals surface area contributed by atoms with Crippen LogP contribution in [0, 0.1) is 0 Å². The van der Waals surface area contributed by atoms with Crippen LogP contribution in [-0.2, 0) is 13.5 Å². The Kier molecular flexibility index (Phi) is 3.41. The van der Waals surface area contributed by atoms with Crippen molar-refractivity contribution in [1.29, 1.82) is 0 Å². The summed E-state index contributed by atoms with van der Waals surface area (Å²) in [6.07, 6.45) is 1.87. The largest absolute Gasteiger partial charge is 0.386 e. The molecule has 0 fully saturated rings. The van der Waals surface area contributed by atoms with Crippen molar-refractivity contribution < 1.29 is 5.11 Å². The summed E-state index contributed by atoms with van der Waals surface area (Å²) >= 11 is 3.41. The van der Waals surface area contributed by atoms with Gasteiger partial charge in [-0.1, -0.05) is 28.1 Å². The molecule has 0 aliphatic carbocycles. The predicted molar refractivity (Wildman–Crippen MR) is 66.0 cm³/mol. The maximum absolute atomic E-state index is 9.99. The number of nitrogens with zero attached hydrogens (tertiary/aromatic N) is 2. The number of aromatic nitrogens is 2. The van der Waals surface area contributed by atoms with Crippen LogP contribution in [0.15, 0.2) is 41.0 Å². The van der Waals surface area contributed by atoms with Crippen molar-refractivity contribution in [3.8, 4) is 0 Å². The smallest absolute Gasteiger partial charge is 0.102 e. The van der Waals surface area contributed by atoms with Gasteiger partial charge in [-0.2, -0.15) is 5.10 Å². The van der Waals surface area contributed by atoms with E-state index >= 15 is 0 Å². The van der Waals surface area contributed by atoms with Crippen molar-refractivity contribution in [2.24, 2.45) is 7.05 Å². The molecule has 0 aliphatic rings. The highest BCUT2D eigenvalue weighted by Crippen LogP contribution is 2.19. The normalized spacial score (nSPS) is 12.7. The first-order valence-corrected chi connectivity index (χ1v) is 5.86. The second kappa shape index (κ2) is 4.80. The Labute approximate surface area is 103 Å². The Bertz CT molecular complexity index is 481. The van der Waals surface area contributed by atoms with E-state index in [2.05, 4.69) is 21.0 Å². The van der Waals surface area contributed by atoms with E-state index in [1.54, 1.807) is 4.68 Å². The van der Waals surface area contributed by atoms with Crippen LogP contribution in [0.4, 0.5) is 0 Å². The van der Waals surface area contributed by atoms with Gasteiger partial charge in [0, 0.05) is 24.1 Å². The van der Waals surface area contributed by atoms with Crippen molar-refractivity contribution in [3.05, 3.63) is 52.3 Å².